The lowest BCUT2D eigenvalue weighted by atomic mass is 9.98. The molecule has 3 nitrogen and oxygen atoms in total. The van der Waals surface area contributed by atoms with Gasteiger partial charge in [0.05, 0.1) is 4.53 Å². The van der Waals surface area contributed by atoms with Crippen LogP contribution in [0.1, 0.15) is 55.4 Å². The quantitative estimate of drug-likeness (QED) is 0.578. The molecule has 0 fully saturated rings. The van der Waals surface area contributed by atoms with Crippen LogP contribution >= 0.6 is 11.8 Å². The fraction of sp³-hybridized carbons (Fsp3) is 0.867. The van der Waals surface area contributed by atoms with Gasteiger partial charge in [-0.3, -0.25) is 0 Å². The zero-order chi connectivity index (χ0) is 15.8. The normalized spacial score (nSPS) is 14.2. The van der Waals surface area contributed by atoms with E-state index >= 15 is 0 Å². The van der Waals surface area contributed by atoms with Crippen LogP contribution in [0.4, 0.5) is 0 Å². The van der Waals surface area contributed by atoms with Crippen molar-refractivity contribution in [3.8, 4) is 0 Å². The molecular formula is C15H32O3SSi. The van der Waals surface area contributed by atoms with Crippen LogP contribution in [0.25, 0.3) is 0 Å². The monoisotopic (exact) mass is 320 g/mol. The minimum Gasteiger partial charge on any atom is -0.370 e. The largest absolute Gasteiger partial charge is 0.543 e. The summed E-state index contributed by atoms with van der Waals surface area (Å²) in [7, 11) is -2.77. The fourth-order valence-corrected chi connectivity index (χ4v) is 6.92. The lowest BCUT2D eigenvalue weighted by Crippen LogP contribution is -2.48. The van der Waals surface area contributed by atoms with Crippen molar-refractivity contribution in [2.24, 2.45) is 5.41 Å². The molecule has 0 heterocycles. The highest BCUT2D eigenvalue weighted by atomic mass is 32.2. The maximum absolute atomic E-state index is 6.02. The van der Waals surface area contributed by atoms with E-state index in [2.05, 4.69) is 40.7 Å². The molecule has 0 aliphatic heterocycles. The third kappa shape index (κ3) is 7.27. The van der Waals surface area contributed by atoms with E-state index in [0.717, 1.165) is 4.53 Å². The van der Waals surface area contributed by atoms with Crippen LogP contribution in [0, 0.1) is 5.41 Å². The van der Waals surface area contributed by atoms with Gasteiger partial charge >= 0.3 is 8.80 Å². The third-order valence-corrected chi connectivity index (χ3v) is 6.93. The van der Waals surface area contributed by atoms with Crippen molar-refractivity contribution in [1.82, 2.24) is 0 Å². The number of rotatable bonds is 9. The number of thioether (sulfide) groups is 1. The second-order valence-electron chi connectivity index (χ2n) is 5.90. The smallest absolute Gasteiger partial charge is 0.370 e. The van der Waals surface area contributed by atoms with Gasteiger partial charge in [0.15, 0.2) is 0 Å². The highest BCUT2D eigenvalue weighted by Crippen LogP contribution is 2.36. The fourth-order valence-electron chi connectivity index (χ4n) is 1.75. The van der Waals surface area contributed by atoms with Crippen molar-refractivity contribution < 1.29 is 13.3 Å². The Hall–Kier alpha value is 0.187. The molecule has 0 spiro atoms. The topological polar surface area (TPSA) is 27.7 Å². The first kappa shape index (κ1) is 20.2. The molecule has 0 saturated heterocycles. The summed E-state index contributed by atoms with van der Waals surface area (Å²) in [6, 6.07) is 0. The van der Waals surface area contributed by atoms with Gasteiger partial charge in [-0.2, -0.15) is 0 Å². The highest BCUT2D eigenvalue weighted by Gasteiger charge is 2.46. The molecule has 0 aromatic rings. The van der Waals surface area contributed by atoms with Gasteiger partial charge in [0.25, 0.3) is 0 Å². The van der Waals surface area contributed by atoms with E-state index in [1.807, 2.05) is 20.8 Å². The van der Waals surface area contributed by atoms with Gasteiger partial charge in [-0.1, -0.05) is 40.7 Å². The lowest BCUT2D eigenvalue weighted by molar-refractivity contribution is 0.0828. The summed E-state index contributed by atoms with van der Waals surface area (Å²) < 4.78 is 19.2. The standard InChI is InChI=1S/C15H32O3SSi/c1-9-16-20(17-10-2,18-11-3)14(19-13(4)5)12-15(6,7)8/h12-13H,9-11H2,1-8H3/b14-12+. The Morgan fingerprint density at radius 2 is 1.40 bits per heavy atom. The second kappa shape index (κ2) is 9.25. The molecule has 0 saturated carbocycles. The molecular weight excluding hydrogens is 288 g/mol. The van der Waals surface area contributed by atoms with Crippen LogP contribution in [0.5, 0.6) is 0 Å². The summed E-state index contributed by atoms with van der Waals surface area (Å²) in [4.78, 5) is 0. The Kier molecular flexibility index (Phi) is 9.34. The van der Waals surface area contributed by atoms with Crippen LogP contribution in [0.15, 0.2) is 10.6 Å². The van der Waals surface area contributed by atoms with Crippen LogP contribution in [-0.2, 0) is 13.3 Å². The van der Waals surface area contributed by atoms with E-state index in [0.29, 0.717) is 25.1 Å². The Morgan fingerprint density at radius 1 is 1.00 bits per heavy atom. The molecule has 0 atom stereocenters. The van der Waals surface area contributed by atoms with Crippen LogP contribution < -0.4 is 0 Å². The van der Waals surface area contributed by atoms with Crippen molar-refractivity contribution in [3.05, 3.63) is 10.6 Å². The van der Waals surface area contributed by atoms with Crippen LogP contribution in [0.2, 0.25) is 0 Å². The zero-order valence-electron chi connectivity index (χ0n) is 14.4. The number of hydrogen-bond acceptors (Lipinski definition) is 4. The van der Waals surface area contributed by atoms with Crippen molar-refractivity contribution in [1.29, 1.82) is 0 Å². The maximum Gasteiger partial charge on any atom is 0.543 e. The van der Waals surface area contributed by atoms with Gasteiger partial charge in [0.2, 0.25) is 0 Å². The first-order chi connectivity index (χ1) is 9.20. The number of allylic oxidation sites excluding steroid dienone is 1. The highest BCUT2D eigenvalue weighted by molar-refractivity contribution is 8.05. The molecule has 0 aliphatic carbocycles. The summed E-state index contributed by atoms with van der Waals surface area (Å²) >= 11 is 1.80. The Labute approximate surface area is 130 Å². The first-order valence-electron chi connectivity index (χ1n) is 7.52. The van der Waals surface area contributed by atoms with Gasteiger partial charge in [0.1, 0.15) is 0 Å². The number of hydrogen-bond donors (Lipinski definition) is 0. The molecule has 5 heteroatoms. The molecule has 0 aromatic heterocycles. The van der Waals surface area contributed by atoms with E-state index in [1.165, 1.54) is 0 Å². The van der Waals surface area contributed by atoms with Crippen LogP contribution in [0.3, 0.4) is 0 Å². The zero-order valence-corrected chi connectivity index (χ0v) is 16.2. The van der Waals surface area contributed by atoms with E-state index < -0.39 is 8.80 Å². The predicted octanol–water partition coefficient (Wildman–Crippen LogP) is 4.65. The van der Waals surface area contributed by atoms with Crippen molar-refractivity contribution >= 4 is 20.6 Å². The first-order valence-corrected chi connectivity index (χ1v) is 10.1. The molecule has 0 bridgehead atoms. The molecule has 0 unspecified atom stereocenters. The summed E-state index contributed by atoms with van der Waals surface area (Å²) in [5, 5.41) is 0.469. The minimum atomic E-state index is -2.77. The average molecular weight is 321 g/mol. The van der Waals surface area contributed by atoms with Crippen molar-refractivity contribution in [2.75, 3.05) is 19.8 Å². The van der Waals surface area contributed by atoms with E-state index in [-0.39, 0.29) is 5.41 Å². The molecule has 0 aromatic carbocycles. The van der Waals surface area contributed by atoms with E-state index in [9.17, 15) is 0 Å². The van der Waals surface area contributed by atoms with Crippen molar-refractivity contribution in [3.63, 3.8) is 0 Å². The summed E-state index contributed by atoms with van der Waals surface area (Å²) in [5.74, 6) is 0. The summed E-state index contributed by atoms with van der Waals surface area (Å²) in [6.07, 6.45) is 2.25. The maximum atomic E-state index is 6.02. The van der Waals surface area contributed by atoms with Gasteiger partial charge < -0.3 is 13.3 Å². The molecule has 20 heavy (non-hydrogen) atoms. The molecule has 0 radical (unpaired) electrons. The minimum absolute atomic E-state index is 0.0702. The molecule has 0 rings (SSSR count). The predicted molar refractivity (Wildman–Crippen MR) is 90.9 cm³/mol. The van der Waals surface area contributed by atoms with Crippen LogP contribution in [-0.4, -0.2) is 33.9 Å². The van der Waals surface area contributed by atoms with Gasteiger partial charge in [-0.05, 0) is 26.2 Å². The average Bonchev–Trinajstić information content (AvgIpc) is 2.26. The Bertz CT molecular complexity index is 281. The van der Waals surface area contributed by atoms with Crippen molar-refractivity contribution in [2.45, 2.75) is 60.6 Å². The third-order valence-electron chi connectivity index (χ3n) is 2.23. The summed E-state index contributed by atoms with van der Waals surface area (Å²) in [5.41, 5.74) is 0.0702. The van der Waals surface area contributed by atoms with Gasteiger partial charge in [-0.25, -0.2) is 0 Å². The van der Waals surface area contributed by atoms with Gasteiger partial charge in [0, 0.05) is 25.1 Å². The molecule has 0 N–H and O–H groups in total. The second-order valence-corrected chi connectivity index (χ2v) is 10.4. The molecule has 0 aliphatic rings. The SMILES string of the molecule is CCO[Si](OCC)(OCC)/C(=C/C(C)(C)C)SC(C)C. The summed E-state index contributed by atoms with van der Waals surface area (Å²) in [6.45, 7) is 18.7. The van der Waals surface area contributed by atoms with E-state index in [4.69, 9.17) is 13.3 Å². The molecule has 0 amide bonds. The van der Waals surface area contributed by atoms with Gasteiger partial charge in [-0.15, -0.1) is 11.8 Å². The Morgan fingerprint density at radius 3 is 1.65 bits per heavy atom. The lowest BCUT2D eigenvalue weighted by Gasteiger charge is -2.32. The Balaban J connectivity index is 5.63. The van der Waals surface area contributed by atoms with E-state index in [1.54, 1.807) is 11.8 Å². The molecule has 120 valence electrons.